The fourth-order valence-corrected chi connectivity index (χ4v) is 1.05. The van der Waals surface area contributed by atoms with E-state index in [1.54, 1.807) is 11.9 Å². The van der Waals surface area contributed by atoms with Crippen LogP contribution in [0, 0.1) is 0 Å². The van der Waals surface area contributed by atoms with Gasteiger partial charge in [0.25, 0.3) is 0 Å². The predicted molar refractivity (Wildman–Crippen MR) is 45.5 cm³/mol. The van der Waals surface area contributed by atoms with E-state index in [0.29, 0.717) is 6.54 Å². The molecule has 0 saturated heterocycles. The Morgan fingerprint density at radius 1 is 1.70 bits per heavy atom. The molecule has 0 aliphatic heterocycles. The van der Waals surface area contributed by atoms with Crippen LogP contribution in [0.2, 0.25) is 0 Å². The first-order chi connectivity index (χ1) is 4.72. The molecule has 0 bridgehead atoms. The highest BCUT2D eigenvalue weighted by Crippen LogP contribution is 1.86. The van der Waals surface area contributed by atoms with Gasteiger partial charge in [-0.2, -0.15) is 0 Å². The van der Waals surface area contributed by atoms with Gasteiger partial charge in [-0.25, -0.2) is 4.79 Å². The summed E-state index contributed by atoms with van der Waals surface area (Å²) in [6.45, 7) is 3.33. The van der Waals surface area contributed by atoms with E-state index >= 15 is 0 Å². The number of carbonyl (C=O) groups is 1. The molecule has 0 aliphatic rings. The minimum Gasteiger partial charge on any atom is -0.338 e. The largest absolute Gasteiger partial charge is 0.338 e. The number of urea groups is 1. The van der Waals surface area contributed by atoms with Gasteiger partial charge in [0.15, 0.2) is 0 Å². The quantitative estimate of drug-likeness (QED) is 0.692. The number of nitrogens with zero attached hydrogens (tertiary/aromatic N) is 1. The van der Waals surface area contributed by atoms with Crippen molar-refractivity contribution in [1.82, 2.24) is 10.2 Å². The van der Waals surface area contributed by atoms with Gasteiger partial charge in [0.05, 0.1) is 0 Å². The lowest BCUT2D eigenvalue weighted by Gasteiger charge is -2.15. The van der Waals surface area contributed by atoms with E-state index in [9.17, 15) is 4.79 Å². The highest BCUT2D eigenvalue weighted by atomic mass is 79.9. The Morgan fingerprint density at radius 3 is 2.70 bits per heavy atom. The van der Waals surface area contributed by atoms with Crippen molar-refractivity contribution in [1.29, 1.82) is 0 Å². The van der Waals surface area contributed by atoms with Gasteiger partial charge < -0.3 is 10.2 Å². The van der Waals surface area contributed by atoms with Gasteiger partial charge in [-0.05, 0) is 6.92 Å². The van der Waals surface area contributed by atoms with E-state index in [2.05, 4.69) is 21.2 Å². The van der Waals surface area contributed by atoms with Gasteiger partial charge >= 0.3 is 6.03 Å². The summed E-state index contributed by atoms with van der Waals surface area (Å²) in [4.78, 5) is 12.6. The molecule has 60 valence electrons. The molecule has 0 unspecified atom stereocenters. The number of amides is 2. The summed E-state index contributed by atoms with van der Waals surface area (Å²) in [5, 5.41) is 3.52. The summed E-state index contributed by atoms with van der Waals surface area (Å²) < 4.78 is 0. The average molecular weight is 209 g/mol. The maximum Gasteiger partial charge on any atom is 0.317 e. The number of carbonyl (C=O) groups excluding carboxylic acids is 1. The lowest BCUT2D eigenvalue weighted by molar-refractivity contribution is 0.212. The maximum absolute atomic E-state index is 10.9. The third-order valence-corrected chi connectivity index (χ3v) is 1.45. The third kappa shape index (κ3) is 3.71. The van der Waals surface area contributed by atoms with Gasteiger partial charge in [-0.15, -0.1) is 0 Å². The van der Waals surface area contributed by atoms with Crippen LogP contribution >= 0.6 is 15.9 Å². The van der Waals surface area contributed by atoms with Crippen molar-refractivity contribution in [2.75, 3.05) is 25.5 Å². The summed E-state index contributed by atoms with van der Waals surface area (Å²) in [6, 6.07) is -0.0121. The first-order valence-electron chi connectivity index (χ1n) is 3.27. The fraction of sp³-hybridized carbons (Fsp3) is 0.833. The van der Waals surface area contributed by atoms with Gasteiger partial charge in [0.1, 0.15) is 0 Å². The summed E-state index contributed by atoms with van der Waals surface area (Å²) >= 11 is 3.25. The first kappa shape index (κ1) is 9.75. The molecule has 10 heavy (non-hydrogen) atoms. The van der Waals surface area contributed by atoms with Crippen LogP contribution < -0.4 is 5.32 Å². The minimum absolute atomic E-state index is 0.0121. The van der Waals surface area contributed by atoms with Crippen LogP contribution in [0.15, 0.2) is 0 Å². The molecular formula is C6H13BrN2O. The van der Waals surface area contributed by atoms with Crippen LogP contribution in [0.3, 0.4) is 0 Å². The van der Waals surface area contributed by atoms with E-state index in [0.717, 1.165) is 11.9 Å². The highest BCUT2D eigenvalue weighted by molar-refractivity contribution is 9.09. The lowest BCUT2D eigenvalue weighted by Crippen LogP contribution is -2.37. The van der Waals surface area contributed by atoms with E-state index in [4.69, 9.17) is 0 Å². The molecule has 0 aromatic rings. The second kappa shape index (κ2) is 5.53. The zero-order valence-corrected chi connectivity index (χ0v) is 7.94. The van der Waals surface area contributed by atoms with Gasteiger partial charge in [-0.1, -0.05) is 15.9 Å². The molecule has 0 spiro atoms. The molecule has 0 radical (unpaired) electrons. The molecule has 0 rings (SSSR count). The van der Waals surface area contributed by atoms with Crippen LogP contribution in [0.4, 0.5) is 4.79 Å². The minimum atomic E-state index is -0.0121. The molecule has 0 aromatic carbocycles. The summed E-state index contributed by atoms with van der Waals surface area (Å²) in [5.41, 5.74) is 0. The Labute approximate surface area is 69.9 Å². The number of rotatable bonds is 3. The molecule has 0 heterocycles. The van der Waals surface area contributed by atoms with Crippen molar-refractivity contribution in [3.05, 3.63) is 0 Å². The van der Waals surface area contributed by atoms with E-state index in [1.807, 2.05) is 6.92 Å². The number of hydrogen-bond donors (Lipinski definition) is 1. The standard InChI is InChI=1S/C6H13BrN2O/c1-3-8-6(10)9(2)5-4-7/h3-5H2,1-2H3,(H,8,10). The smallest absolute Gasteiger partial charge is 0.317 e. The van der Waals surface area contributed by atoms with Crippen molar-refractivity contribution in [3.63, 3.8) is 0 Å². The molecule has 1 N–H and O–H groups in total. The van der Waals surface area contributed by atoms with E-state index in [1.165, 1.54) is 0 Å². The van der Waals surface area contributed by atoms with Crippen molar-refractivity contribution >= 4 is 22.0 Å². The maximum atomic E-state index is 10.9. The topological polar surface area (TPSA) is 32.3 Å². The molecule has 0 fully saturated rings. The van der Waals surface area contributed by atoms with Crippen LogP contribution in [0.1, 0.15) is 6.92 Å². The van der Waals surface area contributed by atoms with E-state index in [-0.39, 0.29) is 6.03 Å². The fourth-order valence-electron chi connectivity index (χ4n) is 0.515. The number of hydrogen-bond acceptors (Lipinski definition) is 1. The lowest BCUT2D eigenvalue weighted by atomic mass is 10.6. The Balaban J connectivity index is 3.49. The Hall–Kier alpha value is -0.250. The van der Waals surface area contributed by atoms with Crippen molar-refractivity contribution in [2.45, 2.75) is 6.92 Å². The van der Waals surface area contributed by atoms with Gasteiger partial charge in [-0.3, -0.25) is 0 Å². The molecular weight excluding hydrogens is 196 g/mol. The zero-order chi connectivity index (χ0) is 7.98. The number of halogens is 1. The van der Waals surface area contributed by atoms with Crippen molar-refractivity contribution < 1.29 is 4.79 Å². The summed E-state index contributed by atoms with van der Waals surface area (Å²) in [5.74, 6) is 0. The second-order valence-corrected chi connectivity index (χ2v) is 2.74. The Morgan fingerprint density at radius 2 is 2.30 bits per heavy atom. The molecule has 0 atom stereocenters. The molecule has 0 aliphatic carbocycles. The zero-order valence-electron chi connectivity index (χ0n) is 6.35. The van der Waals surface area contributed by atoms with Gasteiger partial charge in [0.2, 0.25) is 0 Å². The predicted octanol–water partition coefficient (Wildman–Crippen LogP) is 1.04. The molecule has 2 amide bonds. The average Bonchev–Trinajstić information content (AvgIpc) is 1.89. The van der Waals surface area contributed by atoms with Crippen LogP contribution in [-0.4, -0.2) is 36.4 Å². The molecule has 4 heteroatoms. The Bertz CT molecular complexity index is 108. The molecule has 0 saturated carbocycles. The molecule has 0 aromatic heterocycles. The highest BCUT2D eigenvalue weighted by Gasteiger charge is 2.03. The number of nitrogens with one attached hydrogen (secondary N) is 1. The van der Waals surface area contributed by atoms with E-state index < -0.39 is 0 Å². The normalized spacial score (nSPS) is 9.10. The van der Waals surface area contributed by atoms with Gasteiger partial charge in [0, 0.05) is 25.5 Å². The monoisotopic (exact) mass is 208 g/mol. The Kier molecular flexibility index (Phi) is 5.39. The molecule has 3 nitrogen and oxygen atoms in total. The second-order valence-electron chi connectivity index (χ2n) is 1.95. The van der Waals surface area contributed by atoms with Crippen LogP contribution in [0.5, 0.6) is 0 Å². The third-order valence-electron chi connectivity index (χ3n) is 1.09. The van der Waals surface area contributed by atoms with Crippen LogP contribution in [-0.2, 0) is 0 Å². The summed E-state index contributed by atoms with van der Waals surface area (Å²) in [7, 11) is 1.77. The van der Waals surface area contributed by atoms with Crippen LogP contribution in [0.25, 0.3) is 0 Å². The summed E-state index contributed by atoms with van der Waals surface area (Å²) in [6.07, 6.45) is 0. The van der Waals surface area contributed by atoms with Crippen molar-refractivity contribution in [3.8, 4) is 0 Å². The SMILES string of the molecule is CCNC(=O)N(C)CCBr. The first-order valence-corrected chi connectivity index (χ1v) is 4.39. The van der Waals surface area contributed by atoms with Crippen molar-refractivity contribution in [2.24, 2.45) is 0 Å². The number of alkyl halides is 1.